The molecule has 1 aliphatic heterocycles. The Bertz CT molecular complexity index is 669. The number of nitrogens with zero attached hydrogens (tertiary/aromatic N) is 1. The van der Waals surface area contributed by atoms with Gasteiger partial charge in [-0.1, -0.05) is 23.9 Å². The number of amidine groups is 1. The van der Waals surface area contributed by atoms with Gasteiger partial charge in [0.05, 0.1) is 17.6 Å². The summed E-state index contributed by atoms with van der Waals surface area (Å²) in [7, 11) is 1.64. The first-order valence-electron chi connectivity index (χ1n) is 7.98. The first kappa shape index (κ1) is 19.9. The number of carbonyl (C=O) groups is 1. The zero-order chi connectivity index (χ0) is 18.4. The molecule has 2 rings (SSSR count). The molecule has 1 heterocycles. The van der Waals surface area contributed by atoms with Gasteiger partial charge in [-0.2, -0.15) is 0 Å². The Kier molecular flexibility index (Phi) is 7.40. The van der Waals surface area contributed by atoms with Crippen LogP contribution in [0.25, 0.3) is 0 Å². The smallest absolute Gasteiger partial charge is 0.338 e. The molecule has 0 aliphatic carbocycles. The Hall–Kier alpha value is -1.44. The van der Waals surface area contributed by atoms with Crippen molar-refractivity contribution < 1.29 is 14.3 Å². The van der Waals surface area contributed by atoms with Gasteiger partial charge < -0.3 is 14.8 Å². The molecule has 0 saturated carbocycles. The highest BCUT2D eigenvalue weighted by Gasteiger charge is 2.30. The van der Waals surface area contributed by atoms with Gasteiger partial charge in [-0.05, 0) is 44.7 Å². The number of methoxy groups -OCH3 is 1. The monoisotopic (exact) mass is 380 g/mol. The van der Waals surface area contributed by atoms with Gasteiger partial charge in [0.15, 0.2) is 5.17 Å². The Labute approximate surface area is 157 Å². The summed E-state index contributed by atoms with van der Waals surface area (Å²) in [4.78, 5) is 18.5. The van der Waals surface area contributed by atoms with Gasteiger partial charge in [-0.25, -0.2) is 9.79 Å². The molecular formula is C18H24N2O3S2. The second-order valence-electron chi connectivity index (χ2n) is 5.78. The van der Waals surface area contributed by atoms with E-state index in [9.17, 15) is 4.79 Å². The normalized spacial score (nSPS) is 17.4. The van der Waals surface area contributed by atoms with Crippen LogP contribution in [0.4, 0.5) is 0 Å². The number of hydrogen-bond donors (Lipinski definition) is 1. The van der Waals surface area contributed by atoms with Crippen molar-refractivity contribution in [2.24, 2.45) is 4.99 Å². The van der Waals surface area contributed by atoms with E-state index < -0.39 is 0 Å². The molecular weight excluding hydrogens is 356 g/mol. The van der Waals surface area contributed by atoms with Crippen LogP contribution in [-0.2, 0) is 14.3 Å². The molecule has 0 spiro atoms. The molecule has 0 amide bonds. The molecule has 0 bridgehead atoms. The molecule has 1 aliphatic rings. The van der Waals surface area contributed by atoms with Crippen LogP contribution in [-0.4, -0.2) is 36.5 Å². The number of benzene rings is 1. The van der Waals surface area contributed by atoms with Crippen LogP contribution in [0, 0.1) is 0 Å². The van der Waals surface area contributed by atoms with E-state index >= 15 is 0 Å². The van der Waals surface area contributed by atoms with Crippen molar-refractivity contribution in [1.82, 2.24) is 5.32 Å². The fourth-order valence-corrected chi connectivity index (χ4v) is 3.45. The second-order valence-corrected chi connectivity index (χ2v) is 7.57. The van der Waals surface area contributed by atoms with E-state index in [1.165, 1.54) is 16.7 Å². The van der Waals surface area contributed by atoms with Gasteiger partial charge in [0.25, 0.3) is 0 Å². The average molecular weight is 381 g/mol. The van der Waals surface area contributed by atoms with Crippen molar-refractivity contribution >= 4 is 34.7 Å². The predicted molar refractivity (Wildman–Crippen MR) is 105 cm³/mol. The van der Waals surface area contributed by atoms with Gasteiger partial charge in [0, 0.05) is 17.7 Å². The minimum Gasteiger partial charge on any atom is -0.459 e. The highest BCUT2D eigenvalue weighted by molar-refractivity contribution is 8.13. The van der Waals surface area contributed by atoms with Crippen LogP contribution in [0.2, 0.25) is 0 Å². The Morgan fingerprint density at radius 2 is 2.00 bits per heavy atom. The van der Waals surface area contributed by atoms with Crippen molar-refractivity contribution in [2.75, 3.05) is 19.3 Å². The van der Waals surface area contributed by atoms with Crippen molar-refractivity contribution in [3.05, 3.63) is 41.1 Å². The lowest BCUT2D eigenvalue weighted by Gasteiger charge is -2.26. The second kappa shape index (κ2) is 9.31. The number of carbonyl (C=O) groups excluding carboxylic acids is 1. The number of rotatable bonds is 6. The number of aliphatic imine (C=N–C) groups is 1. The minimum atomic E-state index is -0.386. The summed E-state index contributed by atoms with van der Waals surface area (Å²) in [5, 5.41) is 3.92. The summed E-state index contributed by atoms with van der Waals surface area (Å²) in [5.41, 5.74) is 2.27. The van der Waals surface area contributed by atoms with E-state index in [0.29, 0.717) is 11.5 Å². The topological polar surface area (TPSA) is 59.9 Å². The maximum absolute atomic E-state index is 12.6. The highest BCUT2D eigenvalue weighted by atomic mass is 32.2. The zero-order valence-corrected chi connectivity index (χ0v) is 16.8. The van der Waals surface area contributed by atoms with Crippen molar-refractivity contribution in [1.29, 1.82) is 0 Å². The largest absolute Gasteiger partial charge is 0.459 e. The summed E-state index contributed by atoms with van der Waals surface area (Å²) in [5.74, 6) is 0.154. The van der Waals surface area contributed by atoms with E-state index in [2.05, 4.69) is 5.32 Å². The van der Waals surface area contributed by atoms with Crippen LogP contribution in [0.15, 0.2) is 45.4 Å². The zero-order valence-electron chi connectivity index (χ0n) is 15.2. The Morgan fingerprint density at radius 3 is 2.56 bits per heavy atom. The number of nitrogens with one attached hydrogen (secondary N) is 1. The third kappa shape index (κ3) is 5.26. The van der Waals surface area contributed by atoms with Crippen molar-refractivity contribution in [2.45, 2.75) is 37.8 Å². The lowest BCUT2D eigenvalue weighted by atomic mass is 9.96. The Morgan fingerprint density at radius 1 is 1.32 bits per heavy atom. The summed E-state index contributed by atoms with van der Waals surface area (Å²) in [6, 6.07) is 7.73. The molecule has 5 nitrogen and oxygen atoms in total. The summed E-state index contributed by atoms with van der Waals surface area (Å²) < 4.78 is 10.5. The SMILES string of the molecule is COCSC1=NC(c2ccc(SC)cc2)C(C(=O)OC(C)C)=C(C)N1. The average Bonchev–Trinajstić information content (AvgIpc) is 2.58. The van der Waals surface area contributed by atoms with E-state index in [-0.39, 0.29) is 18.1 Å². The molecule has 1 aromatic carbocycles. The standard InChI is InChI=1S/C18H24N2O3S2/c1-11(2)23-17(21)15-12(3)19-18(25-10-22-4)20-16(15)13-6-8-14(24-5)9-7-13/h6-9,11,16H,10H2,1-5H3,(H,19,20). The third-order valence-electron chi connectivity index (χ3n) is 3.53. The third-order valence-corrected chi connectivity index (χ3v) is 5.10. The van der Waals surface area contributed by atoms with Crippen LogP contribution in [0.3, 0.4) is 0 Å². The molecule has 0 fully saturated rings. The fourth-order valence-electron chi connectivity index (χ4n) is 2.40. The molecule has 25 heavy (non-hydrogen) atoms. The van der Waals surface area contributed by atoms with Crippen LogP contribution in [0.5, 0.6) is 0 Å². The number of esters is 1. The molecule has 1 N–H and O–H groups in total. The van der Waals surface area contributed by atoms with Crippen molar-refractivity contribution in [3.8, 4) is 0 Å². The molecule has 7 heteroatoms. The number of ether oxygens (including phenoxy) is 2. The van der Waals surface area contributed by atoms with Gasteiger partial charge in [0.1, 0.15) is 6.04 Å². The van der Waals surface area contributed by atoms with Gasteiger partial charge in [-0.3, -0.25) is 0 Å². The first-order chi connectivity index (χ1) is 12.0. The van der Waals surface area contributed by atoms with Crippen LogP contribution < -0.4 is 5.32 Å². The van der Waals surface area contributed by atoms with Gasteiger partial charge in [-0.15, -0.1) is 11.8 Å². The summed E-state index contributed by atoms with van der Waals surface area (Å²) in [6.45, 7) is 5.56. The maximum Gasteiger partial charge on any atom is 0.338 e. The molecule has 0 aromatic heterocycles. The lowest BCUT2D eigenvalue weighted by molar-refractivity contribution is -0.143. The van der Waals surface area contributed by atoms with Crippen LogP contribution >= 0.6 is 23.5 Å². The van der Waals surface area contributed by atoms with E-state index in [4.69, 9.17) is 14.5 Å². The van der Waals surface area contributed by atoms with E-state index in [0.717, 1.165) is 16.4 Å². The molecule has 0 saturated heterocycles. The molecule has 1 aromatic rings. The number of thioether (sulfide) groups is 2. The lowest BCUT2D eigenvalue weighted by Crippen LogP contribution is -2.31. The summed E-state index contributed by atoms with van der Waals surface area (Å²) in [6.07, 6.45) is 1.85. The maximum atomic E-state index is 12.6. The fraction of sp³-hybridized carbons (Fsp3) is 0.444. The first-order valence-corrected chi connectivity index (χ1v) is 10.2. The molecule has 136 valence electrons. The predicted octanol–water partition coefficient (Wildman–Crippen LogP) is 3.97. The molecule has 1 atom stereocenters. The molecule has 1 unspecified atom stereocenters. The molecule has 0 radical (unpaired) electrons. The highest BCUT2D eigenvalue weighted by Crippen LogP contribution is 2.34. The summed E-state index contributed by atoms with van der Waals surface area (Å²) >= 11 is 3.14. The minimum absolute atomic E-state index is 0.180. The van der Waals surface area contributed by atoms with E-state index in [1.54, 1.807) is 18.9 Å². The van der Waals surface area contributed by atoms with Gasteiger partial charge >= 0.3 is 5.97 Å². The number of hydrogen-bond acceptors (Lipinski definition) is 7. The van der Waals surface area contributed by atoms with E-state index in [1.807, 2.05) is 51.3 Å². The van der Waals surface area contributed by atoms with Gasteiger partial charge in [0.2, 0.25) is 0 Å². The Balaban J connectivity index is 2.38. The number of allylic oxidation sites excluding steroid dienone is 1. The quantitative estimate of drug-likeness (QED) is 0.458. The van der Waals surface area contributed by atoms with Crippen LogP contribution in [0.1, 0.15) is 32.4 Å². The van der Waals surface area contributed by atoms with Crippen molar-refractivity contribution in [3.63, 3.8) is 0 Å².